The molecule has 0 heterocycles. The van der Waals surface area contributed by atoms with Gasteiger partial charge in [-0.3, -0.25) is 13.4 Å². The number of hydrogen-bond acceptors (Lipinski definition) is 9. The fraction of sp³-hybridized carbons (Fsp3) is 1.00. The van der Waals surface area contributed by atoms with Gasteiger partial charge in [-0.05, 0) is 103 Å². The minimum atomic E-state index is -5.95. The molecule has 0 rings (SSSR count). The van der Waals surface area contributed by atoms with E-state index in [1.807, 2.05) is 0 Å². The van der Waals surface area contributed by atoms with Crippen LogP contribution < -0.4 is 19.6 Å². The van der Waals surface area contributed by atoms with Crippen LogP contribution in [0.3, 0.4) is 0 Å². The van der Waals surface area contributed by atoms with E-state index in [1.165, 1.54) is 328 Å². The molecule has 0 aromatic carbocycles. The molecule has 2 atom stereocenters. The molecule has 17 heteroatoms. The number of phosphoric acid groups is 3. The summed E-state index contributed by atoms with van der Waals surface area (Å²) in [6, 6.07) is 0. The summed E-state index contributed by atoms with van der Waals surface area (Å²) in [5.41, 5.74) is 0. The van der Waals surface area contributed by atoms with E-state index in [-0.39, 0.29) is 0 Å². The van der Waals surface area contributed by atoms with Gasteiger partial charge in [0.25, 0.3) is 15.6 Å². The highest BCUT2D eigenvalue weighted by molar-refractivity contribution is 7.64. The van der Waals surface area contributed by atoms with Crippen molar-refractivity contribution in [2.24, 2.45) is 0 Å². The van der Waals surface area contributed by atoms with E-state index in [0.717, 1.165) is 0 Å². The third-order valence-electron chi connectivity index (χ3n) is 16.2. The monoisotopic (exact) mass is 1220 g/mol. The van der Waals surface area contributed by atoms with Gasteiger partial charge < -0.3 is 47.0 Å². The van der Waals surface area contributed by atoms with Gasteiger partial charge in [0.2, 0.25) is 0 Å². The molecule has 0 spiro atoms. The third kappa shape index (κ3) is 57.7. The van der Waals surface area contributed by atoms with Crippen LogP contribution in [0.5, 0.6) is 0 Å². The largest absolute Gasteiger partial charge is 0.790 e. The summed E-state index contributed by atoms with van der Waals surface area (Å²) >= 11 is 0. The second kappa shape index (κ2) is 59.2. The van der Waals surface area contributed by atoms with E-state index >= 15 is 0 Å². The molecule has 0 aliphatic carbocycles. The Labute approximate surface area is 506 Å². The maximum Gasteiger partial charge on any atom is 0.278 e. The zero-order valence-corrected chi connectivity index (χ0v) is 59.9. The van der Waals surface area contributed by atoms with Gasteiger partial charge >= 0.3 is 0 Å². The topological polar surface area (TPSA) is 182 Å². The lowest BCUT2D eigenvalue weighted by atomic mass is 10.1. The SMILES string of the molecule is CCCC[N+](CCCC)(CCCC)CCCC.CCCC[N+](CCCC)(CCCC)CCCC.CCCC[N+](CCCC)(CCCC)CCCC.CCCC[N+](CCCC)(CCCC)CCCC.O=P([O-])([O-])OP(=O)([O-])OP(=O)([O-])O. The number of hydrogen-bond donors (Lipinski definition) is 1. The summed E-state index contributed by atoms with van der Waals surface area (Å²) in [6.45, 7) is 60.1. The summed E-state index contributed by atoms with van der Waals surface area (Å²) in [5.74, 6) is 0. The number of quaternary nitrogens is 4. The van der Waals surface area contributed by atoms with Gasteiger partial charge in [-0.2, -0.15) is 0 Å². The van der Waals surface area contributed by atoms with E-state index in [4.69, 9.17) is 4.89 Å². The average Bonchev–Trinajstić information content (AvgIpc) is 3.43. The quantitative estimate of drug-likeness (QED) is 0.0454. The fourth-order valence-corrected chi connectivity index (χ4v) is 13.2. The summed E-state index contributed by atoms with van der Waals surface area (Å²) in [7, 11) is -17.6. The summed E-state index contributed by atoms with van der Waals surface area (Å²) in [5, 5.41) is 0. The Morgan fingerprint density at radius 1 is 0.247 bits per heavy atom. The highest BCUT2D eigenvalue weighted by Crippen LogP contribution is 2.58. The molecule has 0 bridgehead atoms. The molecule has 1 N–H and O–H groups in total. The minimum absolute atomic E-state index is 1.35. The van der Waals surface area contributed by atoms with Crippen LogP contribution in [0, 0.1) is 0 Å². The van der Waals surface area contributed by atoms with Crippen molar-refractivity contribution in [1.82, 2.24) is 0 Å². The normalized spacial score (nSPS) is 13.6. The maximum atomic E-state index is 10.1. The molecule has 0 radical (unpaired) electrons. The Morgan fingerprint density at radius 3 is 0.432 bits per heavy atom. The Hall–Kier alpha value is 0.250. The smallest absolute Gasteiger partial charge is 0.278 e. The first kappa shape index (κ1) is 90.0. The summed E-state index contributed by atoms with van der Waals surface area (Å²) in [4.78, 5) is 47.0. The second-order valence-electron chi connectivity index (χ2n) is 24.1. The lowest BCUT2D eigenvalue weighted by Gasteiger charge is -2.39. The van der Waals surface area contributed by atoms with E-state index in [0.29, 0.717) is 0 Å². The summed E-state index contributed by atoms with van der Waals surface area (Å²) in [6.07, 6.45) is 44.2. The average molecular weight is 1220 g/mol. The number of rotatable bonds is 52. The van der Waals surface area contributed by atoms with Crippen molar-refractivity contribution < 1.29 is 64.7 Å². The zero-order valence-electron chi connectivity index (χ0n) is 57.2. The lowest BCUT2D eigenvalue weighted by molar-refractivity contribution is -0.929. The van der Waals surface area contributed by atoms with Gasteiger partial charge in [0, 0.05) is 0 Å². The van der Waals surface area contributed by atoms with Crippen LogP contribution in [0.1, 0.15) is 316 Å². The van der Waals surface area contributed by atoms with Gasteiger partial charge in [-0.15, -0.1) is 0 Å². The van der Waals surface area contributed by atoms with Crippen molar-refractivity contribution in [3.05, 3.63) is 0 Å². The van der Waals surface area contributed by atoms with Gasteiger partial charge in [-0.25, -0.2) is 4.31 Å². The Balaban J connectivity index is -0.000000298. The molecule has 0 aliphatic heterocycles. The van der Waals surface area contributed by atoms with E-state index in [2.05, 4.69) is 119 Å². The van der Waals surface area contributed by atoms with E-state index in [9.17, 15) is 33.3 Å². The molecule has 0 amide bonds. The lowest BCUT2D eigenvalue weighted by Crippen LogP contribution is -2.50. The molecule has 0 aromatic heterocycles. The molecule has 81 heavy (non-hydrogen) atoms. The first-order valence-corrected chi connectivity index (χ1v) is 39.0. The molecule has 496 valence electrons. The third-order valence-corrected chi connectivity index (χ3v) is 19.4. The van der Waals surface area contributed by atoms with Crippen LogP contribution in [-0.4, -0.2) is 128 Å². The Kier molecular flexibility index (Phi) is 65.8. The van der Waals surface area contributed by atoms with Crippen molar-refractivity contribution in [3.63, 3.8) is 0 Å². The second-order valence-corrected chi connectivity index (χ2v) is 28.2. The molecule has 2 unspecified atom stereocenters. The van der Waals surface area contributed by atoms with Crippen molar-refractivity contribution in [1.29, 1.82) is 0 Å². The predicted molar refractivity (Wildman–Crippen MR) is 345 cm³/mol. The summed E-state index contributed by atoms with van der Waals surface area (Å²) < 4.78 is 40.7. The highest BCUT2D eigenvalue weighted by Gasteiger charge is 2.28. The van der Waals surface area contributed by atoms with E-state index in [1.54, 1.807) is 0 Å². The van der Waals surface area contributed by atoms with Gasteiger partial charge in [0.1, 0.15) is 0 Å². The maximum absolute atomic E-state index is 10.1. The van der Waals surface area contributed by atoms with Crippen molar-refractivity contribution >= 4 is 23.5 Å². The van der Waals surface area contributed by atoms with Crippen LogP contribution in [0.15, 0.2) is 0 Å². The Morgan fingerprint density at radius 2 is 0.358 bits per heavy atom. The number of nitrogens with zero attached hydrogens (tertiary/aromatic N) is 4. The molecule has 14 nitrogen and oxygen atoms in total. The predicted octanol–water partition coefficient (Wildman–Crippen LogP) is 16.8. The zero-order chi connectivity index (χ0) is 62.9. The fourth-order valence-electron chi connectivity index (χ4n) is 10.8. The van der Waals surface area contributed by atoms with E-state index < -0.39 is 23.5 Å². The molecule has 0 aliphatic rings. The van der Waals surface area contributed by atoms with Crippen LogP contribution in [-0.2, 0) is 22.3 Å². The van der Waals surface area contributed by atoms with Crippen molar-refractivity contribution in [2.75, 3.05) is 105 Å². The first-order chi connectivity index (χ1) is 38.4. The standard InChI is InChI=1S/4C16H36N.H5O10P3/c4*1-5-9-13-17(14-10-6-2,15-11-7-3)16-12-8-4;1-11(2,3)9-13(7,8)10-12(4,5)6/h4*5-16H2,1-4H3;(H,7,8)(H2,1,2,3)(H2,4,5,6)/q4*+1;/p-4. The van der Waals surface area contributed by atoms with Gasteiger partial charge in [-0.1, -0.05) is 214 Å². The Bertz CT molecular complexity index is 1120. The molecular weight excluding hydrogens is 1080 g/mol. The van der Waals surface area contributed by atoms with Crippen LogP contribution in [0.25, 0.3) is 0 Å². The van der Waals surface area contributed by atoms with Crippen LogP contribution >= 0.6 is 23.5 Å². The van der Waals surface area contributed by atoms with Crippen LogP contribution in [0.2, 0.25) is 0 Å². The van der Waals surface area contributed by atoms with Crippen molar-refractivity contribution in [2.45, 2.75) is 316 Å². The molecule has 0 saturated heterocycles. The first-order valence-electron chi connectivity index (χ1n) is 34.6. The number of unbranched alkanes of at least 4 members (excludes halogenated alkanes) is 16. The molecular formula is C64H145N4O10P3. The minimum Gasteiger partial charge on any atom is -0.790 e. The van der Waals surface area contributed by atoms with Gasteiger partial charge in [0.05, 0.1) is 113 Å². The van der Waals surface area contributed by atoms with Gasteiger partial charge in [0.15, 0.2) is 0 Å². The molecule has 0 saturated carbocycles. The van der Waals surface area contributed by atoms with Crippen LogP contribution in [0.4, 0.5) is 0 Å². The molecule has 0 fully saturated rings. The molecule has 0 aromatic rings. The van der Waals surface area contributed by atoms with Crippen molar-refractivity contribution in [3.8, 4) is 0 Å². The highest BCUT2D eigenvalue weighted by atomic mass is 31.3.